The average Bonchev–Trinajstić information content (AvgIpc) is 2.06. The maximum absolute atomic E-state index is 5.52. The minimum atomic E-state index is 0.684. The third-order valence-electron chi connectivity index (χ3n) is 2.34. The van der Waals surface area contributed by atoms with Crippen molar-refractivity contribution in [2.75, 3.05) is 13.2 Å². The van der Waals surface area contributed by atoms with E-state index in [1.165, 1.54) is 25.7 Å². The second-order valence-corrected chi connectivity index (χ2v) is 3.12. The van der Waals surface area contributed by atoms with Gasteiger partial charge in [0.1, 0.15) is 0 Å². The molecule has 0 saturated carbocycles. The van der Waals surface area contributed by atoms with Gasteiger partial charge in [-0.3, -0.25) is 4.84 Å². The molecule has 1 aliphatic rings. The molecule has 0 N–H and O–H groups in total. The Morgan fingerprint density at radius 1 is 1.36 bits per heavy atom. The van der Waals surface area contributed by atoms with Gasteiger partial charge >= 0.3 is 0 Å². The number of piperidine rings is 1. The molecule has 11 heavy (non-hydrogen) atoms. The summed E-state index contributed by atoms with van der Waals surface area (Å²) in [5, 5.41) is 2.17. The molecule has 66 valence electrons. The smallest absolute Gasteiger partial charge is 0.0657 e. The van der Waals surface area contributed by atoms with Crippen molar-refractivity contribution < 1.29 is 4.84 Å². The van der Waals surface area contributed by atoms with Crippen LogP contribution in [-0.2, 0) is 4.84 Å². The Kier molecular flexibility index (Phi) is 3.87. The summed E-state index contributed by atoms with van der Waals surface area (Å²) >= 11 is 0. The molecule has 0 spiro atoms. The van der Waals surface area contributed by atoms with Crippen molar-refractivity contribution in [2.24, 2.45) is 0 Å². The van der Waals surface area contributed by atoms with Crippen molar-refractivity contribution in [3.05, 3.63) is 0 Å². The van der Waals surface area contributed by atoms with Gasteiger partial charge in [-0.2, -0.15) is 5.06 Å². The fourth-order valence-corrected chi connectivity index (χ4v) is 1.72. The monoisotopic (exact) mass is 157 g/mol. The fourth-order valence-electron chi connectivity index (χ4n) is 1.72. The van der Waals surface area contributed by atoms with E-state index in [1.54, 1.807) is 0 Å². The van der Waals surface area contributed by atoms with Crippen LogP contribution in [0.1, 0.15) is 39.5 Å². The van der Waals surface area contributed by atoms with Gasteiger partial charge in [0.05, 0.1) is 6.61 Å². The first kappa shape index (κ1) is 9.01. The quantitative estimate of drug-likeness (QED) is 0.622. The number of hydrogen-bond donors (Lipinski definition) is 0. The van der Waals surface area contributed by atoms with Crippen LogP contribution in [0.5, 0.6) is 0 Å². The van der Waals surface area contributed by atoms with Crippen molar-refractivity contribution in [1.82, 2.24) is 5.06 Å². The molecular formula is C9H19NO. The predicted molar refractivity (Wildman–Crippen MR) is 46.3 cm³/mol. The summed E-state index contributed by atoms with van der Waals surface area (Å²) in [7, 11) is 0. The molecule has 2 nitrogen and oxygen atoms in total. The lowest BCUT2D eigenvalue weighted by Crippen LogP contribution is -2.38. The first-order valence-electron chi connectivity index (χ1n) is 4.78. The Hall–Kier alpha value is -0.0800. The van der Waals surface area contributed by atoms with Crippen LogP contribution in [0.2, 0.25) is 0 Å². The summed E-state index contributed by atoms with van der Waals surface area (Å²) in [5.74, 6) is 0. The van der Waals surface area contributed by atoms with Gasteiger partial charge in [-0.1, -0.05) is 13.3 Å². The molecule has 0 aromatic heterocycles. The van der Waals surface area contributed by atoms with Crippen LogP contribution in [0.3, 0.4) is 0 Å². The summed E-state index contributed by atoms with van der Waals surface area (Å²) in [5.41, 5.74) is 0. The maximum atomic E-state index is 5.52. The minimum absolute atomic E-state index is 0.684. The summed E-state index contributed by atoms with van der Waals surface area (Å²) in [4.78, 5) is 5.52. The average molecular weight is 157 g/mol. The molecule has 0 amide bonds. The highest BCUT2D eigenvalue weighted by Gasteiger charge is 2.20. The first-order chi connectivity index (χ1) is 5.38. The van der Waals surface area contributed by atoms with E-state index >= 15 is 0 Å². The summed E-state index contributed by atoms with van der Waals surface area (Å²) in [6.45, 7) is 6.24. The van der Waals surface area contributed by atoms with Crippen molar-refractivity contribution in [1.29, 1.82) is 0 Å². The zero-order chi connectivity index (χ0) is 8.10. The van der Waals surface area contributed by atoms with Crippen LogP contribution in [-0.4, -0.2) is 24.3 Å². The van der Waals surface area contributed by atoms with Crippen LogP contribution >= 0.6 is 0 Å². The van der Waals surface area contributed by atoms with Gasteiger partial charge in [0.25, 0.3) is 0 Å². The van der Waals surface area contributed by atoms with Gasteiger partial charge in [-0.05, 0) is 26.2 Å². The van der Waals surface area contributed by atoms with Gasteiger partial charge in [-0.25, -0.2) is 0 Å². The largest absolute Gasteiger partial charge is 0.299 e. The van der Waals surface area contributed by atoms with Crippen molar-refractivity contribution in [3.8, 4) is 0 Å². The first-order valence-corrected chi connectivity index (χ1v) is 4.78. The third-order valence-corrected chi connectivity index (χ3v) is 2.34. The van der Waals surface area contributed by atoms with E-state index in [1.807, 2.05) is 0 Å². The molecule has 2 heteroatoms. The van der Waals surface area contributed by atoms with Crippen LogP contribution in [0.25, 0.3) is 0 Å². The van der Waals surface area contributed by atoms with Gasteiger partial charge in [-0.15, -0.1) is 0 Å². The summed E-state index contributed by atoms with van der Waals surface area (Å²) < 4.78 is 0. The zero-order valence-electron chi connectivity index (χ0n) is 7.68. The lowest BCUT2D eigenvalue weighted by Gasteiger charge is -2.33. The molecule has 1 atom stereocenters. The lowest BCUT2D eigenvalue weighted by atomic mass is 10.0. The summed E-state index contributed by atoms with van der Waals surface area (Å²) in [6, 6.07) is 0.684. The molecule has 0 aliphatic carbocycles. The van der Waals surface area contributed by atoms with Crippen LogP contribution in [0.15, 0.2) is 0 Å². The van der Waals surface area contributed by atoms with Crippen molar-refractivity contribution >= 4 is 0 Å². The minimum Gasteiger partial charge on any atom is -0.299 e. The highest BCUT2D eigenvalue weighted by atomic mass is 16.7. The van der Waals surface area contributed by atoms with Gasteiger partial charge < -0.3 is 0 Å². The fraction of sp³-hybridized carbons (Fsp3) is 1.00. The standard InChI is InChI=1S/C9H19NO/c1-3-9-7-5-6-8-10(9)11-4-2/h9H,3-8H2,1-2H3. The van der Waals surface area contributed by atoms with E-state index in [0.29, 0.717) is 6.04 Å². The Bertz CT molecular complexity index is 104. The Labute approximate surface area is 69.5 Å². The van der Waals surface area contributed by atoms with Crippen molar-refractivity contribution in [3.63, 3.8) is 0 Å². The number of rotatable bonds is 3. The van der Waals surface area contributed by atoms with Crippen LogP contribution in [0.4, 0.5) is 0 Å². The summed E-state index contributed by atoms with van der Waals surface area (Å²) in [6.07, 6.45) is 5.22. The highest BCUT2D eigenvalue weighted by Crippen LogP contribution is 2.19. The van der Waals surface area contributed by atoms with E-state index < -0.39 is 0 Å². The van der Waals surface area contributed by atoms with Gasteiger partial charge in [0, 0.05) is 12.6 Å². The number of hydroxylamine groups is 2. The molecule has 0 aromatic rings. The molecular weight excluding hydrogens is 138 g/mol. The highest BCUT2D eigenvalue weighted by molar-refractivity contribution is 4.69. The predicted octanol–water partition coefficient (Wildman–Crippen LogP) is 2.20. The molecule has 1 fully saturated rings. The molecule has 1 aliphatic heterocycles. The molecule has 0 aromatic carbocycles. The lowest BCUT2D eigenvalue weighted by molar-refractivity contribution is -0.194. The van der Waals surface area contributed by atoms with E-state index in [9.17, 15) is 0 Å². The van der Waals surface area contributed by atoms with E-state index in [0.717, 1.165) is 13.2 Å². The maximum Gasteiger partial charge on any atom is 0.0657 e. The second-order valence-electron chi connectivity index (χ2n) is 3.12. The Morgan fingerprint density at radius 3 is 2.82 bits per heavy atom. The molecule has 0 radical (unpaired) electrons. The van der Waals surface area contributed by atoms with Crippen LogP contribution < -0.4 is 0 Å². The SMILES string of the molecule is CCON1CCCCC1CC. The van der Waals surface area contributed by atoms with E-state index in [2.05, 4.69) is 18.9 Å². The van der Waals surface area contributed by atoms with Crippen LogP contribution in [0, 0.1) is 0 Å². The molecule has 1 rings (SSSR count). The van der Waals surface area contributed by atoms with E-state index in [4.69, 9.17) is 4.84 Å². The topological polar surface area (TPSA) is 12.5 Å². The van der Waals surface area contributed by atoms with Crippen molar-refractivity contribution in [2.45, 2.75) is 45.6 Å². The molecule has 1 heterocycles. The number of nitrogens with zero attached hydrogens (tertiary/aromatic N) is 1. The van der Waals surface area contributed by atoms with Gasteiger partial charge in [0.2, 0.25) is 0 Å². The molecule has 1 unspecified atom stereocenters. The third kappa shape index (κ3) is 2.46. The molecule has 1 saturated heterocycles. The normalized spacial score (nSPS) is 27.3. The molecule has 0 bridgehead atoms. The number of hydrogen-bond acceptors (Lipinski definition) is 2. The Morgan fingerprint density at radius 2 is 2.18 bits per heavy atom. The second kappa shape index (κ2) is 4.73. The zero-order valence-corrected chi connectivity index (χ0v) is 7.68. The Balaban J connectivity index is 2.31. The van der Waals surface area contributed by atoms with E-state index in [-0.39, 0.29) is 0 Å². The van der Waals surface area contributed by atoms with Gasteiger partial charge in [0.15, 0.2) is 0 Å².